The second kappa shape index (κ2) is 8.13. The molecule has 1 aromatic heterocycles. The van der Waals surface area contributed by atoms with E-state index < -0.39 is 0 Å². The van der Waals surface area contributed by atoms with Crippen LogP contribution in [0, 0.1) is 0 Å². The van der Waals surface area contributed by atoms with Gasteiger partial charge in [0.25, 0.3) is 0 Å². The zero-order valence-corrected chi connectivity index (χ0v) is 16.4. The van der Waals surface area contributed by atoms with Gasteiger partial charge >= 0.3 is 6.03 Å². The Labute approximate surface area is 160 Å². The van der Waals surface area contributed by atoms with Crippen molar-refractivity contribution in [3.8, 4) is 0 Å². The largest absolute Gasteiger partial charge is 0.376 e. The first-order valence-electron chi connectivity index (χ1n) is 9.48. The van der Waals surface area contributed by atoms with Crippen molar-refractivity contribution in [2.45, 2.75) is 50.7 Å². The van der Waals surface area contributed by atoms with Gasteiger partial charge in [-0.05, 0) is 38.7 Å². The van der Waals surface area contributed by atoms with Gasteiger partial charge in [0.15, 0.2) is 0 Å². The van der Waals surface area contributed by atoms with E-state index in [-0.39, 0.29) is 17.0 Å². The Bertz CT molecular complexity index is 730. The van der Waals surface area contributed by atoms with Crippen LogP contribution in [0.25, 0.3) is 0 Å². The number of carbonyl (C=O) groups is 1. The predicted octanol–water partition coefficient (Wildman–Crippen LogP) is 3.73. The van der Waals surface area contributed by atoms with E-state index in [0.717, 1.165) is 31.6 Å². The number of benzene rings is 1. The number of amides is 2. The van der Waals surface area contributed by atoms with Crippen LogP contribution in [0.1, 0.15) is 44.4 Å². The summed E-state index contributed by atoms with van der Waals surface area (Å²) in [6.45, 7) is 6.07. The number of nitrogens with one attached hydrogen (secondary N) is 1. The summed E-state index contributed by atoms with van der Waals surface area (Å²) in [6.07, 6.45) is 4.30. The summed E-state index contributed by atoms with van der Waals surface area (Å²) in [7, 11) is 1.76. The van der Waals surface area contributed by atoms with Crippen molar-refractivity contribution in [2.24, 2.45) is 0 Å². The lowest BCUT2D eigenvalue weighted by Gasteiger charge is -2.45. The van der Waals surface area contributed by atoms with Gasteiger partial charge in [-0.3, -0.25) is 0 Å². The van der Waals surface area contributed by atoms with Crippen molar-refractivity contribution in [3.05, 3.63) is 53.9 Å². The third kappa shape index (κ3) is 4.89. The predicted molar refractivity (Wildman–Crippen MR) is 103 cm³/mol. The second-order valence-corrected chi connectivity index (χ2v) is 8.01. The Morgan fingerprint density at radius 3 is 2.70 bits per heavy atom. The van der Waals surface area contributed by atoms with Gasteiger partial charge in [-0.15, -0.1) is 0 Å². The summed E-state index contributed by atoms with van der Waals surface area (Å²) in [4.78, 5) is 14.0. The van der Waals surface area contributed by atoms with Crippen molar-refractivity contribution in [2.75, 3.05) is 20.2 Å². The zero-order chi connectivity index (χ0) is 19.3. The molecule has 3 rings (SSSR count). The maximum Gasteiger partial charge on any atom is 0.317 e. The van der Waals surface area contributed by atoms with E-state index in [1.54, 1.807) is 18.0 Å². The van der Waals surface area contributed by atoms with Gasteiger partial charge in [0.2, 0.25) is 0 Å². The Kier molecular flexibility index (Phi) is 5.85. The zero-order valence-electron chi connectivity index (χ0n) is 16.4. The third-order valence-corrected chi connectivity index (χ3v) is 5.34. The van der Waals surface area contributed by atoms with Crippen LogP contribution in [-0.4, -0.2) is 41.9 Å². The normalized spacial score (nSPS) is 21.6. The highest BCUT2D eigenvalue weighted by Crippen LogP contribution is 2.43. The van der Waals surface area contributed by atoms with E-state index in [4.69, 9.17) is 9.26 Å². The molecule has 0 aliphatic carbocycles. The minimum Gasteiger partial charge on any atom is -0.376 e. The van der Waals surface area contributed by atoms with Crippen LogP contribution >= 0.6 is 0 Å². The first kappa shape index (κ1) is 19.4. The van der Waals surface area contributed by atoms with Crippen LogP contribution < -0.4 is 5.32 Å². The molecule has 1 fully saturated rings. The number of hydrogen-bond acceptors (Lipinski definition) is 4. The molecule has 2 aromatic rings. The van der Waals surface area contributed by atoms with Gasteiger partial charge < -0.3 is 19.5 Å². The molecule has 1 unspecified atom stereocenters. The summed E-state index contributed by atoms with van der Waals surface area (Å²) < 4.78 is 10.8. The Morgan fingerprint density at radius 1 is 1.26 bits per heavy atom. The third-order valence-electron chi connectivity index (χ3n) is 5.34. The van der Waals surface area contributed by atoms with E-state index in [1.807, 2.05) is 6.07 Å². The molecule has 0 saturated carbocycles. The molecule has 0 bridgehead atoms. The van der Waals surface area contributed by atoms with Crippen molar-refractivity contribution >= 4 is 6.03 Å². The van der Waals surface area contributed by atoms with E-state index in [9.17, 15) is 4.79 Å². The fourth-order valence-corrected chi connectivity index (χ4v) is 4.05. The standard InChI is InChI=1S/C21H29N3O3/c1-20(2)16-21(11-14-26-20,17-7-5-4-6-8-17)10-12-22-19(25)24(3)15-18-9-13-27-23-18/h4-9,13H,10-12,14-16H2,1-3H3,(H,22,25). The first-order valence-corrected chi connectivity index (χ1v) is 9.48. The van der Waals surface area contributed by atoms with E-state index in [2.05, 4.69) is 48.6 Å². The fourth-order valence-electron chi connectivity index (χ4n) is 4.05. The molecule has 146 valence electrons. The lowest BCUT2D eigenvalue weighted by Crippen LogP contribution is -2.46. The fraction of sp³-hybridized carbons (Fsp3) is 0.524. The summed E-state index contributed by atoms with van der Waals surface area (Å²) in [5.74, 6) is 0. The molecule has 1 aliphatic rings. The number of urea groups is 1. The number of hydrogen-bond donors (Lipinski definition) is 1. The van der Waals surface area contributed by atoms with Gasteiger partial charge in [0, 0.05) is 31.7 Å². The van der Waals surface area contributed by atoms with Gasteiger partial charge in [0.1, 0.15) is 12.0 Å². The van der Waals surface area contributed by atoms with Gasteiger partial charge in [-0.2, -0.15) is 0 Å². The SMILES string of the molecule is CN(Cc1ccon1)C(=O)NCCC1(c2ccccc2)CCOC(C)(C)C1. The first-order chi connectivity index (χ1) is 12.9. The van der Waals surface area contributed by atoms with Crippen LogP contribution in [0.15, 0.2) is 47.2 Å². The molecular formula is C21H29N3O3. The molecule has 0 spiro atoms. The summed E-state index contributed by atoms with van der Waals surface area (Å²) in [6, 6.07) is 12.3. The van der Waals surface area contributed by atoms with Gasteiger partial charge in [0.05, 0.1) is 12.1 Å². The summed E-state index contributed by atoms with van der Waals surface area (Å²) in [5, 5.41) is 6.90. The van der Waals surface area contributed by atoms with Crippen molar-refractivity contribution in [1.82, 2.24) is 15.4 Å². The van der Waals surface area contributed by atoms with Crippen LogP contribution in [0.2, 0.25) is 0 Å². The molecule has 2 amide bonds. The number of carbonyl (C=O) groups excluding carboxylic acids is 1. The average molecular weight is 371 g/mol. The molecule has 1 atom stereocenters. The molecule has 2 heterocycles. The lowest BCUT2D eigenvalue weighted by molar-refractivity contribution is -0.0838. The highest BCUT2D eigenvalue weighted by atomic mass is 16.5. The quantitative estimate of drug-likeness (QED) is 0.840. The van der Waals surface area contributed by atoms with Crippen LogP contribution in [0.3, 0.4) is 0 Å². The molecule has 6 heteroatoms. The van der Waals surface area contributed by atoms with Gasteiger partial charge in [-0.25, -0.2) is 4.79 Å². The van der Waals surface area contributed by atoms with E-state index in [1.165, 1.54) is 11.8 Å². The Morgan fingerprint density at radius 2 is 2.04 bits per heavy atom. The maximum absolute atomic E-state index is 12.4. The van der Waals surface area contributed by atoms with Crippen molar-refractivity contribution < 1.29 is 14.1 Å². The minimum absolute atomic E-state index is 0.0149. The van der Waals surface area contributed by atoms with E-state index in [0.29, 0.717) is 13.1 Å². The number of ether oxygens (including phenoxy) is 1. The summed E-state index contributed by atoms with van der Waals surface area (Å²) >= 11 is 0. The maximum atomic E-state index is 12.4. The smallest absolute Gasteiger partial charge is 0.317 e. The highest BCUT2D eigenvalue weighted by molar-refractivity contribution is 5.73. The minimum atomic E-state index is -0.165. The molecule has 1 aromatic carbocycles. The topological polar surface area (TPSA) is 67.6 Å². The van der Waals surface area contributed by atoms with Crippen LogP contribution in [0.4, 0.5) is 4.79 Å². The second-order valence-electron chi connectivity index (χ2n) is 8.01. The van der Waals surface area contributed by atoms with Crippen LogP contribution in [0.5, 0.6) is 0 Å². The number of rotatable bonds is 6. The lowest BCUT2D eigenvalue weighted by atomic mass is 9.67. The molecular weight excluding hydrogens is 342 g/mol. The Balaban J connectivity index is 1.62. The monoisotopic (exact) mass is 371 g/mol. The molecule has 1 saturated heterocycles. The van der Waals surface area contributed by atoms with Crippen LogP contribution in [-0.2, 0) is 16.7 Å². The molecule has 27 heavy (non-hydrogen) atoms. The van der Waals surface area contributed by atoms with Crippen molar-refractivity contribution in [1.29, 1.82) is 0 Å². The number of aromatic nitrogens is 1. The van der Waals surface area contributed by atoms with Gasteiger partial charge in [-0.1, -0.05) is 35.5 Å². The average Bonchev–Trinajstić information content (AvgIpc) is 3.14. The summed E-state index contributed by atoms with van der Waals surface area (Å²) in [5.41, 5.74) is 1.91. The molecule has 0 radical (unpaired) electrons. The number of nitrogens with zero attached hydrogens (tertiary/aromatic N) is 2. The molecule has 1 aliphatic heterocycles. The molecule has 1 N–H and O–H groups in total. The highest BCUT2D eigenvalue weighted by Gasteiger charge is 2.41. The molecule has 6 nitrogen and oxygen atoms in total. The Hall–Kier alpha value is -2.34. The van der Waals surface area contributed by atoms with Crippen molar-refractivity contribution in [3.63, 3.8) is 0 Å². The van der Waals surface area contributed by atoms with E-state index >= 15 is 0 Å².